The molecule has 6 nitrogen and oxygen atoms in total. The Morgan fingerprint density at radius 2 is 1.83 bits per heavy atom. The summed E-state index contributed by atoms with van der Waals surface area (Å²) in [6.07, 6.45) is 0. The fourth-order valence-corrected chi connectivity index (χ4v) is 3.58. The molecule has 1 amide bonds. The molecule has 0 unspecified atom stereocenters. The SMILES string of the molecule is CCn1c(SCC(=O)N/N=C(\C)c2ccc(Cl)cc2)nnc1-c1ccc(C)cc1. The number of aryl methyl sites for hydroxylation is 1. The van der Waals surface area contributed by atoms with Crippen molar-refractivity contribution in [3.8, 4) is 11.4 Å². The molecule has 0 bridgehead atoms. The molecule has 1 heterocycles. The Morgan fingerprint density at radius 1 is 1.14 bits per heavy atom. The maximum absolute atomic E-state index is 12.2. The molecule has 0 fully saturated rings. The molecule has 0 atom stereocenters. The minimum absolute atomic E-state index is 0.198. The number of carbonyl (C=O) groups is 1. The normalized spacial score (nSPS) is 11.5. The number of carbonyl (C=O) groups excluding carboxylic acids is 1. The molecule has 0 spiro atoms. The van der Waals surface area contributed by atoms with Crippen molar-refractivity contribution in [1.82, 2.24) is 20.2 Å². The van der Waals surface area contributed by atoms with Crippen molar-refractivity contribution >= 4 is 35.0 Å². The molecule has 0 saturated heterocycles. The summed E-state index contributed by atoms with van der Waals surface area (Å²) in [5, 5.41) is 14.1. The van der Waals surface area contributed by atoms with Crippen molar-refractivity contribution in [2.75, 3.05) is 5.75 Å². The molecule has 8 heteroatoms. The number of hydrogen-bond donors (Lipinski definition) is 1. The molecule has 1 aromatic heterocycles. The zero-order valence-corrected chi connectivity index (χ0v) is 18.1. The number of nitrogens with one attached hydrogen (secondary N) is 1. The Balaban J connectivity index is 1.62. The number of halogens is 1. The zero-order valence-electron chi connectivity index (χ0n) is 16.5. The number of hydrogen-bond acceptors (Lipinski definition) is 5. The topological polar surface area (TPSA) is 72.2 Å². The summed E-state index contributed by atoms with van der Waals surface area (Å²) in [6, 6.07) is 15.4. The van der Waals surface area contributed by atoms with E-state index in [4.69, 9.17) is 11.6 Å². The fourth-order valence-electron chi connectivity index (χ4n) is 2.66. The largest absolute Gasteiger partial charge is 0.302 e. The van der Waals surface area contributed by atoms with Gasteiger partial charge in [-0.3, -0.25) is 4.79 Å². The second-order valence-corrected chi connectivity index (χ2v) is 7.82. The van der Waals surface area contributed by atoms with E-state index in [0.717, 1.165) is 17.0 Å². The van der Waals surface area contributed by atoms with E-state index in [9.17, 15) is 4.79 Å². The van der Waals surface area contributed by atoms with E-state index in [1.165, 1.54) is 17.3 Å². The van der Waals surface area contributed by atoms with Gasteiger partial charge >= 0.3 is 0 Å². The van der Waals surface area contributed by atoms with Gasteiger partial charge in [0, 0.05) is 17.1 Å². The first kappa shape index (κ1) is 21.1. The second kappa shape index (κ2) is 9.71. The zero-order chi connectivity index (χ0) is 20.8. The summed E-state index contributed by atoms with van der Waals surface area (Å²) in [7, 11) is 0. The highest BCUT2D eigenvalue weighted by Gasteiger charge is 2.14. The average molecular weight is 428 g/mol. The van der Waals surface area contributed by atoms with Gasteiger partial charge in [-0.15, -0.1) is 10.2 Å². The summed E-state index contributed by atoms with van der Waals surface area (Å²) in [4.78, 5) is 12.2. The lowest BCUT2D eigenvalue weighted by Gasteiger charge is -2.07. The maximum Gasteiger partial charge on any atom is 0.250 e. The van der Waals surface area contributed by atoms with Gasteiger partial charge in [0.05, 0.1) is 11.5 Å². The van der Waals surface area contributed by atoms with Gasteiger partial charge in [0.1, 0.15) is 0 Å². The lowest BCUT2D eigenvalue weighted by molar-refractivity contribution is -0.118. The van der Waals surface area contributed by atoms with Crippen LogP contribution in [-0.4, -0.2) is 32.1 Å². The van der Waals surface area contributed by atoms with Gasteiger partial charge in [0.15, 0.2) is 11.0 Å². The lowest BCUT2D eigenvalue weighted by Crippen LogP contribution is -2.21. The second-order valence-electron chi connectivity index (χ2n) is 6.44. The lowest BCUT2D eigenvalue weighted by atomic mass is 10.1. The molecule has 0 saturated carbocycles. The number of thioether (sulfide) groups is 1. The summed E-state index contributed by atoms with van der Waals surface area (Å²) in [5.41, 5.74) is 6.39. The predicted octanol–water partition coefficient (Wildman–Crippen LogP) is 4.56. The average Bonchev–Trinajstić information content (AvgIpc) is 3.14. The number of aromatic nitrogens is 3. The molecule has 150 valence electrons. The van der Waals surface area contributed by atoms with Crippen LogP contribution in [0.3, 0.4) is 0 Å². The van der Waals surface area contributed by atoms with E-state index in [1.807, 2.05) is 61.7 Å². The molecular weight excluding hydrogens is 406 g/mol. The standard InChI is InChI=1S/C21H22ClN5OS/c1-4-27-20(17-7-5-14(2)6-8-17)25-26-21(27)29-13-19(28)24-23-15(3)16-9-11-18(22)12-10-16/h5-12H,4,13H2,1-3H3,(H,24,28)/b23-15+. The molecule has 0 aliphatic rings. The number of nitrogens with zero attached hydrogens (tertiary/aromatic N) is 4. The van der Waals surface area contributed by atoms with E-state index < -0.39 is 0 Å². The monoisotopic (exact) mass is 427 g/mol. The van der Waals surface area contributed by atoms with Gasteiger partial charge in [-0.05, 0) is 38.5 Å². The van der Waals surface area contributed by atoms with Crippen LogP contribution < -0.4 is 5.43 Å². The highest BCUT2D eigenvalue weighted by molar-refractivity contribution is 7.99. The van der Waals surface area contributed by atoms with E-state index in [-0.39, 0.29) is 11.7 Å². The quantitative estimate of drug-likeness (QED) is 0.341. The smallest absolute Gasteiger partial charge is 0.250 e. The van der Waals surface area contributed by atoms with Gasteiger partial charge in [-0.25, -0.2) is 5.43 Å². The number of rotatable bonds is 7. The Labute approximate surface area is 179 Å². The van der Waals surface area contributed by atoms with Crippen LogP contribution in [0.5, 0.6) is 0 Å². The van der Waals surface area contributed by atoms with Crippen LogP contribution in [0.15, 0.2) is 58.8 Å². The molecule has 29 heavy (non-hydrogen) atoms. The molecule has 2 aromatic carbocycles. The first-order chi connectivity index (χ1) is 14.0. The summed E-state index contributed by atoms with van der Waals surface area (Å²) in [6.45, 7) is 6.63. The Kier molecular flexibility index (Phi) is 7.06. The van der Waals surface area contributed by atoms with Crippen LogP contribution in [0.4, 0.5) is 0 Å². The minimum atomic E-state index is -0.203. The van der Waals surface area contributed by atoms with Crippen molar-refractivity contribution in [3.05, 3.63) is 64.7 Å². The number of hydrazone groups is 1. The summed E-state index contributed by atoms with van der Waals surface area (Å²) < 4.78 is 2.00. The Bertz CT molecular complexity index is 1010. The molecule has 0 aliphatic carbocycles. The Morgan fingerprint density at radius 3 is 2.48 bits per heavy atom. The van der Waals surface area contributed by atoms with Gasteiger partial charge in [-0.1, -0.05) is 65.3 Å². The van der Waals surface area contributed by atoms with Gasteiger partial charge in [0.25, 0.3) is 5.91 Å². The predicted molar refractivity (Wildman–Crippen MR) is 118 cm³/mol. The van der Waals surface area contributed by atoms with Crippen LogP contribution in [0.25, 0.3) is 11.4 Å². The summed E-state index contributed by atoms with van der Waals surface area (Å²) in [5.74, 6) is 0.793. The molecule has 1 N–H and O–H groups in total. The van der Waals surface area contributed by atoms with E-state index in [1.54, 1.807) is 12.1 Å². The first-order valence-corrected chi connectivity index (χ1v) is 10.6. The number of benzene rings is 2. The first-order valence-electron chi connectivity index (χ1n) is 9.20. The molecule has 0 radical (unpaired) electrons. The van der Waals surface area contributed by atoms with Crippen LogP contribution in [-0.2, 0) is 11.3 Å². The molecule has 3 aromatic rings. The molecular formula is C21H22ClN5OS. The van der Waals surface area contributed by atoms with Crippen molar-refractivity contribution in [1.29, 1.82) is 0 Å². The summed E-state index contributed by atoms with van der Waals surface area (Å²) >= 11 is 7.23. The number of amides is 1. The molecule has 3 rings (SSSR count). The van der Waals surface area contributed by atoms with Crippen molar-refractivity contribution in [3.63, 3.8) is 0 Å². The third-order valence-electron chi connectivity index (χ3n) is 4.29. The van der Waals surface area contributed by atoms with Crippen molar-refractivity contribution < 1.29 is 4.79 Å². The van der Waals surface area contributed by atoms with E-state index >= 15 is 0 Å². The molecule has 0 aliphatic heterocycles. The maximum atomic E-state index is 12.2. The van der Waals surface area contributed by atoms with Crippen LogP contribution in [0.1, 0.15) is 25.0 Å². The minimum Gasteiger partial charge on any atom is -0.302 e. The fraction of sp³-hybridized carbons (Fsp3) is 0.238. The van der Waals surface area contributed by atoms with Crippen LogP contribution in [0, 0.1) is 6.92 Å². The van der Waals surface area contributed by atoms with E-state index in [0.29, 0.717) is 22.4 Å². The van der Waals surface area contributed by atoms with Crippen molar-refractivity contribution in [2.24, 2.45) is 5.10 Å². The third kappa shape index (κ3) is 5.46. The van der Waals surface area contributed by atoms with Crippen LogP contribution in [0.2, 0.25) is 5.02 Å². The van der Waals surface area contributed by atoms with Gasteiger partial charge < -0.3 is 4.57 Å². The highest BCUT2D eigenvalue weighted by atomic mass is 35.5. The van der Waals surface area contributed by atoms with Crippen molar-refractivity contribution in [2.45, 2.75) is 32.5 Å². The Hall–Kier alpha value is -2.64. The highest BCUT2D eigenvalue weighted by Crippen LogP contribution is 2.24. The van der Waals surface area contributed by atoms with Crippen LogP contribution >= 0.6 is 23.4 Å². The third-order valence-corrected chi connectivity index (χ3v) is 5.50. The van der Waals surface area contributed by atoms with Gasteiger partial charge in [-0.2, -0.15) is 5.10 Å². The van der Waals surface area contributed by atoms with Gasteiger partial charge in [0.2, 0.25) is 0 Å². The van der Waals surface area contributed by atoms with E-state index in [2.05, 4.69) is 20.7 Å².